The van der Waals surface area contributed by atoms with E-state index in [2.05, 4.69) is 17.2 Å². The molecule has 1 heterocycles. The van der Waals surface area contributed by atoms with E-state index in [9.17, 15) is 4.79 Å². The Morgan fingerprint density at radius 2 is 2.19 bits per heavy atom. The normalized spacial score (nSPS) is 9.86. The molecule has 1 amide bonds. The van der Waals surface area contributed by atoms with Gasteiger partial charge in [-0.3, -0.25) is 4.79 Å². The van der Waals surface area contributed by atoms with Crippen LogP contribution in [0.1, 0.15) is 26.5 Å². The van der Waals surface area contributed by atoms with Gasteiger partial charge in [0.2, 0.25) is 0 Å². The number of carbonyl (C=O) groups excluding carboxylic acids is 1. The lowest BCUT2D eigenvalue weighted by atomic mass is 10.1. The number of halogens is 1. The molecular weight excluding hydrogens is 306 g/mol. The predicted molar refractivity (Wildman–Crippen MR) is 87.0 cm³/mol. The molecule has 0 aliphatic rings. The van der Waals surface area contributed by atoms with Crippen LogP contribution in [0.15, 0.2) is 30.3 Å². The first-order chi connectivity index (χ1) is 10.1. The summed E-state index contributed by atoms with van der Waals surface area (Å²) in [7, 11) is 0. The zero-order chi connectivity index (χ0) is 15.2. The Kier molecular flexibility index (Phi) is 5.40. The standard InChI is InChI=1S/C16H14ClNO2S/c1-11-5-8-15(21-11)16(20)18-14-7-6-13(17)10-12(14)4-2-3-9-19/h5-8,10,19H,3,9H2,1H3,(H,18,20). The minimum atomic E-state index is -0.166. The van der Waals surface area contributed by atoms with Gasteiger partial charge in [-0.2, -0.15) is 0 Å². The highest BCUT2D eigenvalue weighted by Crippen LogP contribution is 2.22. The first kappa shape index (κ1) is 15.6. The van der Waals surface area contributed by atoms with Crippen LogP contribution in [0.25, 0.3) is 0 Å². The fraction of sp³-hybridized carbons (Fsp3) is 0.188. The van der Waals surface area contributed by atoms with E-state index < -0.39 is 0 Å². The fourth-order valence-electron chi connectivity index (χ4n) is 1.68. The summed E-state index contributed by atoms with van der Waals surface area (Å²) >= 11 is 7.40. The molecular formula is C16H14ClNO2S. The number of aryl methyl sites for hydroxylation is 1. The van der Waals surface area contributed by atoms with Crippen molar-refractivity contribution in [1.29, 1.82) is 0 Å². The van der Waals surface area contributed by atoms with Crippen molar-refractivity contribution in [2.75, 3.05) is 11.9 Å². The molecule has 2 N–H and O–H groups in total. The van der Waals surface area contributed by atoms with Crippen molar-refractivity contribution in [2.24, 2.45) is 0 Å². The van der Waals surface area contributed by atoms with Crippen LogP contribution < -0.4 is 5.32 Å². The van der Waals surface area contributed by atoms with Crippen LogP contribution in [0.3, 0.4) is 0 Å². The van der Waals surface area contributed by atoms with Gasteiger partial charge in [-0.05, 0) is 37.3 Å². The Bertz CT molecular complexity index is 713. The average molecular weight is 320 g/mol. The van der Waals surface area contributed by atoms with Crippen LogP contribution in [-0.2, 0) is 0 Å². The van der Waals surface area contributed by atoms with E-state index in [1.165, 1.54) is 11.3 Å². The average Bonchev–Trinajstić information content (AvgIpc) is 2.88. The maximum absolute atomic E-state index is 12.2. The van der Waals surface area contributed by atoms with Crippen LogP contribution in [0.2, 0.25) is 5.02 Å². The number of rotatable bonds is 3. The Balaban J connectivity index is 2.23. The molecule has 3 nitrogen and oxygen atoms in total. The molecule has 0 aliphatic heterocycles. The van der Waals surface area contributed by atoms with Gasteiger partial charge in [0.05, 0.1) is 17.2 Å². The maximum atomic E-state index is 12.2. The monoisotopic (exact) mass is 319 g/mol. The Labute approximate surface area is 132 Å². The van der Waals surface area contributed by atoms with Gasteiger partial charge in [-0.1, -0.05) is 23.4 Å². The molecule has 0 saturated heterocycles. The molecule has 2 rings (SSSR count). The van der Waals surface area contributed by atoms with Gasteiger partial charge in [0.25, 0.3) is 5.91 Å². The van der Waals surface area contributed by atoms with Crippen molar-refractivity contribution in [1.82, 2.24) is 0 Å². The van der Waals surface area contributed by atoms with E-state index in [1.807, 2.05) is 13.0 Å². The van der Waals surface area contributed by atoms with Gasteiger partial charge in [0.15, 0.2) is 0 Å². The number of carbonyl (C=O) groups is 1. The molecule has 0 atom stereocenters. The number of hydrogen-bond donors (Lipinski definition) is 2. The molecule has 0 bridgehead atoms. The summed E-state index contributed by atoms with van der Waals surface area (Å²) in [6.07, 6.45) is 0.379. The second-order valence-corrected chi connectivity index (χ2v) is 6.05. The topological polar surface area (TPSA) is 49.3 Å². The lowest BCUT2D eigenvalue weighted by molar-refractivity contribution is 0.103. The minimum Gasteiger partial charge on any atom is -0.395 e. The number of anilines is 1. The molecule has 2 aromatic rings. The van der Waals surface area contributed by atoms with Crippen molar-refractivity contribution in [2.45, 2.75) is 13.3 Å². The molecule has 5 heteroatoms. The molecule has 0 spiro atoms. The van der Waals surface area contributed by atoms with Gasteiger partial charge in [0.1, 0.15) is 0 Å². The van der Waals surface area contributed by atoms with E-state index in [1.54, 1.807) is 24.3 Å². The van der Waals surface area contributed by atoms with E-state index in [4.69, 9.17) is 16.7 Å². The first-order valence-corrected chi connectivity index (χ1v) is 7.56. The number of hydrogen-bond acceptors (Lipinski definition) is 3. The molecule has 108 valence electrons. The SMILES string of the molecule is Cc1ccc(C(=O)Nc2ccc(Cl)cc2C#CCCO)s1. The summed E-state index contributed by atoms with van der Waals surface area (Å²) in [6.45, 7) is 1.96. The number of amides is 1. The van der Waals surface area contributed by atoms with Crippen molar-refractivity contribution < 1.29 is 9.90 Å². The highest BCUT2D eigenvalue weighted by atomic mass is 35.5. The summed E-state index contributed by atoms with van der Waals surface area (Å²) < 4.78 is 0. The van der Waals surface area contributed by atoms with E-state index in [-0.39, 0.29) is 12.5 Å². The number of nitrogens with one attached hydrogen (secondary N) is 1. The van der Waals surface area contributed by atoms with E-state index in [0.717, 1.165) is 4.88 Å². The first-order valence-electron chi connectivity index (χ1n) is 6.37. The van der Waals surface area contributed by atoms with Gasteiger partial charge in [0, 0.05) is 21.9 Å². The molecule has 0 aliphatic carbocycles. The molecule has 0 radical (unpaired) electrons. The molecule has 1 aromatic carbocycles. The summed E-state index contributed by atoms with van der Waals surface area (Å²) in [6, 6.07) is 8.82. The van der Waals surface area contributed by atoms with Gasteiger partial charge in [-0.25, -0.2) is 0 Å². The Hall–Kier alpha value is -1.80. The highest BCUT2D eigenvalue weighted by Gasteiger charge is 2.10. The maximum Gasteiger partial charge on any atom is 0.265 e. The second kappa shape index (κ2) is 7.28. The summed E-state index contributed by atoms with van der Waals surface area (Å²) in [5.74, 6) is 5.57. The summed E-state index contributed by atoms with van der Waals surface area (Å²) in [5, 5.41) is 12.2. The highest BCUT2D eigenvalue weighted by molar-refractivity contribution is 7.14. The van der Waals surface area contributed by atoms with Crippen molar-refractivity contribution >= 4 is 34.5 Å². The fourth-order valence-corrected chi connectivity index (χ4v) is 2.62. The van der Waals surface area contributed by atoms with Crippen LogP contribution in [-0.4, -0.2) is 17.6 Å². The summed E-state index contributed by atoms with van der Waals surface area (Å²) in [5.41, 5.74) is 1.25. The second-order valence-electron chi connectivity index (χ2n) is 4.33. The molecule has 0 saturated carbocycles. The third kappa shape index (κ3) is 4.33. The minimum absolute atomic E-state index is 0.00370. The number of thiophene rings is 1. The molecule has 0 unspecified atom stereocenters. The van der Waals surface area contributed by atoms with Crippen LogP contribution in [0.4, 0.5) is 5.69 Å². The van der Waals surface area contributed by atoms with Crippen molar-refractivity contribution in [3.63, 3.8) is 0 Å². The Morgan fingerprint density at radius 1 is 1.38 bits per heavy atom. The van der Waals surface area contributed by atoms with E-state index in [0.29, 0.717) is 27.6 Å². The number of aliphatic hydroxyl groups is 1. The van der Waals surface area contributed by atoms with Gasteiger partial charge < -0.3 is 10.4 Å². The molecule has 0 fully saturated rings. The van der Waals surface area contributed by atoms with Crippen molar-refractivity contribution in [3.8, 4) is 11.8 Å². The van der Waals surface area contributed by atoms with Crippen LogP contribution in [0.5, 0.6) is 0 Å². The zero-order valence-corrected chi connectivity index (χ0v) is 13.0. The smallest absolute Gasteiger partial charge is 0.265 e. The largest absolute Gasteiger partial charge is 0.395 e. The van der Waals surface area contributed by atoms with Gasteiger partial charge >= 0.3 is 0 Å². The molecule has 21 heavy (non-hydrogen) atoms. The van der Waals surface area contributed by atoms with Crippen LogP contribution >= 0.6 is 22.9 Å². The predicted octanol–water partition coefficient (Wildman–Crippen LogP) is 3.70. The lowest BCUT2D eigenvalue weighted by Gasteiger charge is -2.07. The third-order valence-corrected chi connectivity index (χ3v) is 3.89. The van der Waals surface area contributed by atoms with Crippen LogP contribution in [0, 0.1) is 18.8 Å². The quantitative estimate of drug-likeness (QED) is 0.848. The number of aliphatic hydroxyl groups excluding tert-OH is 1. The number of benzene rings is 1. The van der Waals surface area contributed by atoms with Gasteiger partial charge in [-0.15, -0.1) is 11.3 Å². The van der Waals surface area contributed by atoms with Crippen molar-refractivity contribution in [3.05, 3.63) is 50.7 Å². The third-order valence-electron chi connectivity index (χ3n) is 2.65. The summed E-state index contributed by atoms with van der Waals surface area (Å²) in [4.78, 5) is 13.9. The molecule has 1 aromatic heterocycles. The Morgan fingerprint density at radius 3 is 2.86 bits per heavy atom. The zero-order valence-electron chi connectivity index (χ0n) is 11.4. The lowest BCUT2D eigenvalue weighted by Crippen LogP contribution is -2.11. The van der Waals surface area contributed by atoms with E-state index >= 15 is 0 Å².